The van der Waals surface area contributed by atoms with E-state index >= 15 is 0 Å². The first-order valence-corrected chi connectivity index (χ1v) is 10.2. The van der Waals surface area contributed by atoms with E-state index in [1.165, 1.54) is 11.0 Å². The van der Waals surface area contributed by atoms with Crippen LogP contribution in [0.2, 0.25) is 0 Å². The van der Waals surface area contributed by atoms with Gasteiger partial charge < -0.3 is 5.32 Å². The number of fused-ring (bicyclic) bond motifs is 5. The van der Waals surface area contributed by atoms with Crippen molar-refractivity contribution in [1.29, 1.82) is 0 Å². The number of allylic oxidation sites excluding steroid dienone is 2. The lowest BCUT2D eigenvalue weighted by atomic mass is 9.85. The third kappa shape index (κ3) is 3.07. The van der Waals surface area contributed by atoms with Gasteiger partial charge >= 0.3 is 0 Å². The standard InChI is InChI=1S/C25H22N2O3/c1-15-5-10-19(11-6-15)26-21(28)12-7-16-3-2-4-20(13-16)27-24(29)22-17-8-9-18(14-17)23(22)25(27)30/h2-13,17-18,22-23H,14H2,1H3,(H,26,28). The van der Waals surface area contributed by atoms with E-state index in [9.17, 15) is 14.4 Å². The first-order chi connectivity index (χ1) is 14.5. The van der Waals surface area contributed by atoms with Crippen molar-refractivity contribution in [3.63, 3.8) is 0 Å². The third-order valence-electron chi connectivity index (χ3n) is 6.35. The minimum atomic E-state index is -0.241. The van der Waals surface area contributed by atoms with Gasteiger partial charge in [-0.05, 0) is 61.1 Å². The van der Waals surface area contributed by atoms with E-state index < -0.39 is 0 Å². The second-order valence-corrected chi connectivity index (χ2v) is 8.30. The van der Waals surface area contributed by atoms with Gasteiger partial charge in [-0.2, -0.15) is 0 Å². The lowest BCUT2D eigenvalue weighted by Gasteiger charge is -2.17. The normalized spacial score (nSPS) is 26.6. The maximum Gasteiger partial charge on any atom is 0.248 e. The number of carbonyl (C=O) groups excluding carboxylic acids is 3. The molecule has 5 rings (SSSR count). The summed E-state index contributed by atoms with van der Waals surface area (Å²) < 4.78 is 0. The molecule has 30 heavy (non-hydrogen) atoms. The van der Waals surface area contributed by atoms with Crippen molar-refractivity contribution >= 4 is 35.2 Å². The molecular formula is C25H22N2O3. The Morgan fingerprint density at radius 2 is 1.67 bits per heavy atom. The van der Waals surface area contributed by atoms with E-state index in [1.807, 2.05) is 37.3 Å². The molecule has 0 spiro atoms. The summed E-state index contributed by atoms with van der Waals surface area (Å²) in [4.78, 5) is 39.5. The van der Waals surface area contributed by atoms with Gasteiger partial charge in [0.1, 0.15) is 0 Å². The molecule has 2 aliphatic carbocycles. The van der Waals surface area contributed by atoms with Crippen molar-refractivity contribution in [2.24, 2.45) is 23.7 Å². The second-order valence-electron chi connectivity index (χ2n) is 8.30. The highest BCUT2D eigenvalue weighted by Gasteiger charge is 2.59. The summed E-state index contributed by atoms with van der Waals surface area (Å²) in [6.45, 7) is 1.99. The number of nitrogens with one attached hydrogen (secondary N) is 1. The number of hydrogen-bond acceptors (Lipinski definition) is 3. The molecule has 3 amide bonds. The molecule has 4 atom stereocenters. The number of hydrogen-bond donors (Lipinski definition) is 1. The van der Waals surface area contributed by atoms with Crippen LogP contribution in [0.15, 0.2) is 66.8 Å². The fourth-order valence-electron chi connectivity index (χ4n) is 4.92. The molecule has 2 aromatic carbocycles. The maximum absolute atomic E-state index is 13.0. The molecule has 2 fully saturated rings. The first-order valence-electron chi connectivity index (χ1n) is 10.2. The van der Waals surface area contributed by atoms with E-state index in [0.29, 0.717) is 5.69 Å². The Balaban J connectivity index is 1.32. The number of nitrogens with zero attached hydrogens (tertiary/aromatic N) is 1. The van der Waals surface area contributed by atoms with E-state index in [4.69, 9.17) is 0 Å². The molecule has 1 aliphatic heterocycles. The Morgan fingerprint density at radius 3 is 2.33 bits per heavy atom. The van der Waals surface area contributed by atoms with Crippen LogP contribution in [0.3, 0.4) is 0 Å². The highest BCUT2D eigenvalue weighted by molar-refractivity contribution is 6.22. The van der Waals surface area contributed by atoms with E-state index in [-0.39, 0.29) is 41.4 Å². The Kier molecular flexibility index (Phi) is 4.39. The average Bonchev–Trinajstić information content (AvgIpc) is 3.42. The van der Waals surface area contributed by atoms with Crippen molar-refractivity contribution in [3.8, 4) is 0 Å². The van der Waals surface area contributed by atoms with Crippen LogP contribution in [0.25, 0.3) is 6.08 Å². The number of amides is 3. The van der Waals surface area contributed by atoms with Crippen LogP contribution in [0.4, 0.5) is 11.4 Å². The van der Waals surface area contributed by atoms with Gasteiger partial charge in [0.15, 0.2) is 0 Å². The van der Waals surface area contributed by atoms with Crippen LogP contribution in [-0.2, 0) is 14.4 Å². The third-order valence-corrected chi connectivity index (χ3v) is 6.35. The molecule has 1 saturated carbocycles. The van der Waals surface area contributed by atoms with Crippen molar-refractivity contribution in [3.05, 3.63) is 77.9 Å². The predicted octanol–water partition coefficient (Wildman–Crippen LogP) is 3.96. The molecule has 5 heteroatoms. The highest BCUT2D eigenvalue weighted by Crippen LogP contribution is 2.53. The predicted molar refractivity (Wildman–Crippen MR) is 115 cm³/mol. The van der Waals surface area contributed by atoms with Crippen molar-refractivity contribution in [1.82, 2.24) is 0 Å². The van der Waals surface area contributed by atoms with Gasteiger partial charge in [0, 0.05) is 11.8 Å². The van der Waals surface area contributed by atoms with Crippen LogP contribution in [-0.4, -0.2) is 17.7 Å². The van der Waals surface area contributed by atoms with Crippen LogP contribution < -0.4 is 10.2 Å². The SMILES string of the molecule is Cc1ccc(NC(=O)C=Cc2cccc(N3C(=O)C4C5C=CC(C5)C4C3=O)c2)cc1. The zero-order valence-electron chi connectivity index (χ0n) is 16.6. The molecule has 2 bridgehead atoms. The Hall–Kier alpha value is -3.47. The Morgan fingerprint density at radius 1 is 1.00 bits per heavy atom. The van der Waals surface area contributed by atoms with Gasteiger partial charge in [-0.25, -0.2) is 4.90 Å². The summed E-state index contributed by atoms with van der Waals surface area (Å²) in [5.74, 6) is -0.487. The average molecular weight is 398 g/mol. The molecule has 1 saturated heterocycles. The number of aryl methyl sites for hydroxylation is 1. The largest absolute Gasteiger partial charge is 0.323 e. The van der Waals surface area contributed by atoms with E-state index in [2.05, 4.69) is 17.5 Å². The van der Waals surface area contributed by atoms with Gasteiger partial charge in [0.25, 0.3) is 0 Å². The molecule has 150 valence electrons. The van der Waals surface area contributed by atoms with Crippen LogP contribution in [0.1, 0.15) is 17.5 Å². The van der Waals surface area contributed by atoms with E-state index in [1.54, 1.807) is 24.3 Å². The molecule has 4 unspecified atom stereocenters. The number of carbonyl (C=O) groups is 3. The quantitative estimate of drug-likeness (QED) is 0.482. The fraction of sp³-hybridized carbons (Fsp3) is 0.240. The van der Waals surface area contributed by atoms with Gasteiger partial charge in [-0.3, -0.25) is 14.4 Å². The number of anilines is 2. The summed E-state index contributed by atoms with van der Waals surface area (Å²) in [6, 6.07) is 14.8. The second kappa shape index (κ2) is 7.10. The van der Waals surface area contributed by atoms with Gasteiger partial charge in [-0.15, -0.1) is 0 Å². The minimum Gasteiger partial charge on any atom is -0.323 e. The van der Waals surface area contributed by atoms with Crippen molar-refractivity contribution < 1.29 is 14.4 Å². The van der Waals surface area contributed by atoms with Crippen molar-refractivity contribution in [2.45, 2.75) is 13.3 Å². The summed E-state index contributed by atoms with van der Waals surface area (Å²) in [5, 5.41) is 2.82. The molecular weight excluding hydrogens is 376 g/mol. The van der Waals surface area contributed by atoms with Gasteiger partial charge in [0.2, 0.25) is 17.7 Å². The summed E-state index contributed by atoms with van der Waals surface area (Å²) in [5.41, 5.74) is 3.18. The van der Waals surface area contributed by atoms with Crippen LogP contribution in [0, 0.1) is 30.6 Å². The maximum atomic E-state index is 13.0. The number of imide groups is 1. The zero-order valence-corrected chi connectivity index (χ0v) is 16.6. The molecule has 3 aliphatic rings. The number of benzene rings is 2. The monoisotopic (exact) mass is 398 g/mol. The molecule has 5 nitrogen and oxygen atoms in total. The highest BCUT2D eigenvalue weighted by atomic mass is 16.2. The fourth-order valence-corrected chi connectivity index (χ4v) is 4.92. The lowest BCUT2D eigenvalue weighted by Crippen LogP contribution is -2.32. The minimum absolute atomic E-state index is 0.0971. The van der Waals surface area contributed by atoms with Crippen molar-refractivity contribution in [2.75, 3.05) is 10.2 Å². The Labute approximate surface area is 175 Å². The van der Waals surface area contributed by atoms with Gasteiger partial charge in [-0.1, -0.05) is 42.0 Å². The smallest absolute Gasteiger partial charge is 0.248 e. The van der Waals surface area contributed by atoms with E-state index in [0.717, 1.165) is 23.2 Å². The summed E-state index contributed by atoms with van der Waals surface area (Å²) in [6.07, 6.45) is 8.23. The lowest BCUT2D eigenvalue weighted by molar-refractivity contribution is -0.123. The molecule has 1 N–H and O–H groups in total. The van der Waals surface area contributed by atoms with Crippen LogP contribution >= 0.6 is 0 Å². The first kappa shape index (κ1) is 18.6. The molecule has 1 heterocycles. The van der Waals surface area contributed by atoms with Gasteiger partial charge in [0.05, 0.1) is 17.5 Å². The topological polar surface area (TPSA) is 66.5 Å². The zero-order chi connectivity index (χ0) is 20.8. The summed E-state index contributed by atoms with van der Waals surface area (Å²) >= 11 is 0. The molecule has 0 radical (unpaired) electrons. The molecule has 0 aromatic heterocycles. The molecule has 2 aromatic rings. The Bertz CT molecular complexity index is 1070. The van der Waals surface area contributed by atoms with Crippen LogP contribution in [0.5, 0.6) is 0 Å². The number of rotatable bonds is 4. The summed E-state index contributed by atoms with van der Waals surface area (Å²) in [7, 11) is 0.